The Kier molecular flexibility index (Phi) is 4.24. The molecule has 0 saturated heterocycles. The van der Waals surface area contributed by atoms with Gasteiger partial charge in [-0.1, -0.05) is 35.8 Å². The third-order valence-electron chi connectivity index (χ3n) is 3.05. The van der Waals surface area contributed by atoms with E-state index in [1.165, 1.54) is 0 Å². The Balaban J connectivity index is 2.43. The normalized spacial score (nSPS) is 11.4. The van der Waals surface area contributed by atoms with E-state index in [2.05, 4.69) is 46.6 Å². The topological polar surface area (TPSA) is 48.1 Å². The van der Waals surface area contributed by atoms with E-state index in [1.807, 2.05) is 12.1 Å². The lowest BCUT2D eigenvalue weighted by Crippen LogP contribution is -2.04. The standard InChI is InChI=1S/C14H17BrN2O2/c1-10(2)8-16-9-11(5-6-17(18)19)13-4-3-12(15)7-14(13)16/h3-4,7,9-10H,5-6,8H2,1-2H3. The zero-order valence-electron chi connectivity index (χ0n) is 11.1. The van der Waals surface area contributed by atoms with E-state index in [9.17, 15) is 10.1 Å². The Bertz CT molecular complexity index is 605. The van der Waals surface area contributed by atoms with Crippen LogP contribution in [-0.2, 0) is 13.0 Å². The highest BCUT2D eigenvalue weighted by molar-refractivity contribution is 9.10. The molecule has 1 aromatic carbocycles. The molecular formula is C14H17BrN2O2. The van der Waals surface area contributed by atoms with Gasteiger partial charge < -0.3 is 4.57 Å². The summed E-state index contributed by atoms with van der Waals surface area (Å²) in [5.41, 5.74) is 2.20. The van der Waals surface area contributed by atoms with Crippen LogP contribution in [0.5, 0.6) is 0 Å². The van der Waals surface area contributed by atoms with Crippen molar-refractivity contribution < 1.29 is 4.92 Å². The SMILES string of the molecule is CC(C)Cn1cc(CC[N+](=O)[O-])c2ccc(Br)cc21. The van der Waals surface area contributed by atoms with Crippen molar-refractivity contribution in [1.82, 2.24) is 4.57 Å². The Morgan fingerprint density at radius 1 is 1.42 bits per heavy atom. The van der Waals surface area contributed by atoms with Gasteiger partial charge in [0.05, 0.1) is 0 Å². The van der Waals surface area contributed by atoms with Gasteiger partial charge in [-0.25, -0.2) is 0 Å². The number of halogens is 1. The summed E-state index contributed by atoms with van der Waals surface area (Å²) in [5, 5.41) is 11.7. The second-order valence-electron chi connectivity index (χ2n) is 5.17. The molecule has 0 aliphatic carbocycles. The average molecular weight is 325 g/mol. The molecule has 0 atom stereocenters. The minimum absolute atomic E-state index is 0.0170. The van der Waals surface area contributed by atoms with Crippen LogP contribution in [0, 0.1) is 16.0 Å². The van der Waals surface area contributed by atoms with E-state index >= 15 is 0 Å². The van der Waals surface area contributed by atoms with E-state index in [-0.39, 0.29) is 11.5 Å². The fourth-order valence-electron chi connectivity index (χ4n) is 2.30. The summed E-state index contributed by atoms with van der Waals surface area (Å²) in [6.07, 6.45) is 2.54. The van der Waals surface area contributed by atoms with Crippen molar-refractivity contribution in [2.45, 2.75) is 26.8 Å². The number of nitro groups is 1. The Morgan fingerprint density at radius 2 is 2.16 bits per heavy atom. The van der Waals surface area contributed by atoms with Gasteiger partial charge in [0.25, 0.3) is 0 Å². The molecule has 0 radical (unpaired) electrons. The van der Waals surface area contributed by atoms with Crippen molar-refractivity contribution in [3.05, 3.63) is 44.5 Å². The highest BCUT2D eigenvalue weighted by Gasteiger charge is 2.11. The number of nitrogens with zero attached hydrogens (tertiary/aromatic N) is 2. The molecule has 4 nitrogen and oxygen atoms in total. The second kappa shape index (κ2) is 5.74. The summed E-state index contributed by atoms with van der Waals surface area (Å²) >= 11 is 3.48. The second-order valence-corrected chi connectivity index (χ2v) is 6.08. The minimum atomic E-state index is -0.259. The fourth-order valence-corrected chi connectivity index (χ4v) is 2.65. The summed E-state index contributed by atoms with van der Waals surface area (Å²) in [6.45, 7) is 5.24. The third-order valence-corrected chi connectivity index (χ3v) is 3.55. The van der Waals surface area contributed by atoms with Crippen LogP contribution in [0.1, 0.15) is 19.4 Å². The lowest BCUT2D eigenvalue weighted by atomic mass is 10.1. The summed E-state index contributed by atoms with van der Waals surface area (Å²) in [5.74, 6) is 0.540. The van der Waals surface area contributed by atoms with Gasteiger partial charge in [0.1, 0.15) is 0 Å². The maximum Gasteiger partial charge on any atom is 0.207 e. The van der Waals surface area contributed by atoms with Gasteiger partial charge >= 0.3 is 0 Å². The lowest BCUT2D eigenvalue weighted by Gasteiger charge is -2.08. The predicted octanol–water partition coefficient (Wildman–Crippen LogP) is 3.88. The van der Waals surface area contributed by atoms with E-state index in [4.69, 9.17) is 0 Å². The van der Waals surface area contributed by atoms with Crippen molar-refractivity contribution in [3.63, 3.8) is 0 Å². The van der Waals surface area contributed by atoms with Gasteiger partial charge in [0, 0.05) is 39.5 Å². The zero-order chi connectivity index (χ0) is 14.0. The van der Waals surface area contributed by atoms with Crippen molar-refractivity contribution >= 4 is 26.8 Å². The van der Waals surface area contributed by atoms with Crippen LogP contribution in [0.15, 0.2) is 28.9 Å². The first kappa shape index (κ1) is 14.1. The highest BCUT2D eigenvalue weighted by atomic mass is 79.9. The van der Waals surface area contributed by atoms with E-state index < -0.39 is 0 Å². The molecule has 0 aliphatic rings. The van der Waals surface area contributed by atoms with Crippen LogP contribution < -0.4 is 0 Å². The molecule has 0 bridgehead atoms. The molecule has 2 aromatic rings. The van der Waals surface area contributed by atoms with Crippen LogP contribution in [0.2, 0.25) is 0 Å². The Hall–Kier alpha value is -1.36. The van der Waals surface area contributed by atoms with E-state index in [1.54, 1.807) is 0 Å². The largest absolute Gasteiger partial charge is 0.347 e. The molecule has 0 N–H and O–H groups in total. The molecule has 19 heavy (non-hydrogen) atoms. The zero-order valence-corrected chi connectivity index (χ0v) is 12.7. The molecule has 102 valence electrons. The predicted molar refractivity (Wildman–Crippen MR) is 80.0 cm³/mol. The van der Waals surface area contributed by atoms with Crippen LogP contribution in [-0.4, -0.2) is 16.0 Å². The molecule has 0 saturated carbocycles. The number of rotatable bonds is 5. The first-order valence-electron chi connectivity index (χ1n) is 6.36. The first-order chi connectivity index (χ1) is 8.97. The molecule has 0 amide bonds. The van der Waals surface area contributed by atoms with Gasteiger partial charge in [-0.15, -0.1) is 0 Å². The molecule has 0 aliphatic heterocycles. The molecular weight excluding hydrogens is 308 g/mol. The van der Waals surface area contributed by atoms with Crippen LogP contribution >= 0.6 is 15.9 Å². The van der Waals surface area contributed by atoms with E-state index in [0.717, 1.165) is 27.5 Å². The van der Waals surface area contributed by atoms with E-state index in [0.29, 0.717) is 12.3 Å². The summed E-state index contributed by atoms with van der Waals surface area (Å²) in [4.78, 5) is 10.3. The monoisotopic (exact) mass is 324 g/mol. The summed E-state index contributed by atoms with van der Waals surface area (Å²) < 4.78 is 3.23. The lowest BCUT2D eigenvalue weighted by molar-refractivity contribution is -0.479. The van der Waals surface area contributed by atoms with Crippen molar-refractivity contribution in [1.29, 1.82) is 0 Å². The van der Waals surface area contributed by atoms with Crippen molar-refractivity contribution in [3.8, 4) is 0 Å². The van der Waals surface area contributed by atoms with Crippen molar-refractivity contribution in [2.75, 3.05) is 6.54 Å². The molecule has 0 fully saturated rings. The van der Waals surface area contributed by atoms with Crippen molar-refractivity contribution in [2.24, 2.45) is 5.92 Å². The van der Waals surface area contributed by atoms with Gasteiger partial charge in [-0.05, 0) is 23.6 Å². The molecule has 2 rings (SSSR count). The Labute approximate surface area is 120 Å². The fraction of sp³-hybridized carbons (Fsp3) is 0.429. The molecule has 5 heteroatoms. The van der Waals surface area contributed by atoms with Gasteiger partial charge in [0.2, 0.25) is 6.54 Å². The molecule has 0 spiro atoms. The average Bonchev–Trinajstić information content (AvgIpc) is 2.63. The number of benzene rings is 1. The summed E-state index contributed by atoms with van der Waals surface area (Å²) in [7, 11) is 0. The maximum absolute atomic E-state index is 10.5. The van der Waals surface area contributed by atoms with Gasteiger partial charge in [0.15, 0.2) is 0 Å². The molecule has 1 heterocycles. The maximum atomic E-state index is 10.5. The Morgan fingerprint density at radius 3 is 2.79 bits per heavy atom. The third kappa shape index (κ3) is 3.35. The smallest absolute Gasteiger partial charge is 0.207 e. The van der Waals surface area contributed by atoms with Crippen LogP contribution in [0.4, 0.5) is 0 Å². The molecule has 1 aromatic heterocycles. The number of aromatic nitrogens is 1. The number of hydrogen-bond donors (Lipinski definition) is 0. The summed E-state index contributed by atoms with van der Waals surface area (Å²) in [6, 6.07) is 6.09. The van der Waals surface area contributed by atoms with Crippen LogP contribution in [0.25, 0.3) is 10.9 Å². The highest BCUT2D eigenvalue weighted by Crippen LogP contribution is 2.26. The minimum Gasteiger partial charge on any atom is -0.347 e. The first-order valence-corrected chi connectivity index (χ1v) is 7.15. The van der Waals surface area contributed by atoms with Crippen LogP contribution in [0.3, 0.4) is 0 Å². The number of hydrogen-bond acceptors (Lipinski definition) is 2. The quantitative estimate of drug-likeness (QED) is 0.619. The van der Waals surface area contributed by atoms with Gasteiger partial charge in [-0.3, -0.25) is 10.1 Å². The number of fused-ring (bicyclic) bond motifs is 1. The van der Waals surface area contributed by atoms with Gasteiger partial charge in [-0.2, -0.15) is 0 Å². The molecule has 0 unspecified atom stereocenters.